The molecular formula is C16H17BrF3N7O3S. The van der Waals surface area contributed by atoms with Crippen LogP contribution in [0.4, 0.5) is 18.3 Å². The number of nitrogens with zero attached hydrogens (tertiary/aromatic N) is 6. The van der Waals surface area contributed by atoms with Gasteiger partial charge >= 0.3 is 12.1 Å². The number of carboxylic acid groups (broad SMARTS) is 1. The van der Waals surface area contributed by atoms with Crippen molar-refractivity contribution in [2.75, 3.05) is 31.6 Å². The quantitative estimate of drug-likeness (QED) is 0.480. The molecule has 10 nitrogen and oxygen atoms in total. The van der Waals surface area contributed by atoms with E-state index in [2.05, 4.69) is 41.9 Å². The molecule has 1 aliphatic rings. The first-order valence-corrected chi connectivity index (χ1v) is 10.4. The zero-order valence-electron chi connectivity index (χ0n) is 16.0. The van der Waals surface area contributed by atoms with E-state index in [1.54, 1.807) is 7.05 Å². The number of carboxylic acids is 1. The summed E-state index contributed by atoms with van der Waals surface area (Å²) in [5, 5.41) is 26.7. The maximum atomic E-state index is 12.8. The molecule has 0 saturated carbocycles. The van der Waals surface area contributed by atoms with Crippen molar-refractivity contribution in [3.8, 4) is 5.75 Å². The highest BCUT2D eigenvalue weighted by Gasteiger charge is 2.31. The monoisotopic (exact) mass is 523 g/mol. The standard InChI is InChI=1S/C16H17BrF3N7O3S/c1-26(5-2-6-30-11-7-9(16(18,19)20)3-4-10(11)17)15-23-22-14(31-15)13-21-25-27(24-13)8-12(28)29/h3-4,7,13,24H,2,5-6,8H2,1H3,(H,28,29). The SMILES string of the molecule is CN(CCCOc1cc(C(F)(F)F)ccc1Br)c1nnc(C2N=NN(CC(=O)O)N2)s1. The van der Waals surface area contributed by atoms with Crippen molar-refractivity contribution >= 4 is 38.4 Å². The van der Waals surface area contributed by atoms with Crippen molar-refractivity contribution < 1.29 is 27.8 Å². The normalized spacial score (nSPS) is 16.0. The van der Waals surface area contributed by atoms with Gasteiger partial charge in [-0.05, 0) is 40.5 Å². The molecule has 0 saturated heterocycles. The van der Waals surface area contributed by atoms with Crippen LogP contribution in [0.3, 0.4) is 0 Å². The fraction of sp³-hybridized carbons (Fsp3) is 0.438. The summed E-state index contributed by atoms with van der Waals surface area (Å²) in [6.45, 7) is 0.391. The smallest absolute Gasteiger partial charge is 0.416 e. The lowest BCUT2D eigenvalue weighted by Gasteiger charge is -2.16. The number of aromatic nitrogens is 2. The molecule has 1 aromatic heterocycles. The second-order valence-electron chi connectivity index (χ2n) is 6.38. The van der Waals surface area contributed by atoms with Gasteiger partial charge in [0.25, 0.3) is 0 Å². The molecule has 0 radical (unpaired) electrons. The predicted molar refractivity (Wildman–Crippen MR) is 108 cm³/mol. The average Bonchev–Trinajstić information content (AvgIpc) is 3.34. The molecule has 0 amide bonds. The molecule has 168 valence electrons. The molecule has 0 fully saturated rings. The van der Waals surface area contributed by atoms with Gasteiger partial charge < -0.3 is 14.7 Å². The third-order valence-electron chi connectivity index (χ3n) is 3.98. The molecule has 3 rings (SSSR count). The van der Waals surface area contributed by atoms with Crippen LogP contribution < -0.4 is 15.1 Å². The Balaban J connectivity index is 1.48. The third-order valence-corrected chi connectivity index (χ3v) is 5.72. The van der Waals surface area contributed by atoms with E-state index in [4.69, 9.17) is 9.84 Å². The largest absolute Gasteiger partial charge is 0.492 e. The average molecular weight is 524 g/mol. The Hall–Kier alpha value is -2.52. The van der Waals surface area contributed by atoms with Crippen molar-refractivity contribution in [1.29, 1.82) is 0 Å². The van der Waals surface area contributed by atoms with Crippen LogP contribution in [-0.4, -0.2) is 53.1 Å². The van der Waals surface area contributed by atoms with Gasteiger partial charge in [-0.1, -0.05) is 16.6 Å². The summed E-state index contributed by atoms with van der Waals surface area (Å²) >= 11 is 4.45. The van der Waals surface area contributed by atoms with Crippen LogP contribution in [0.1, 0.15) is 23.2 Å². The van der Waals surface area contributed by atoms with E-state index in [0.717, 1.165) is 17.3 Å². The minimum absolute atomic E-state index is 0.124. The van der Waals surface area contributed by atoms with E-state index in [0.29, 0.717) is 27.6 Å². The van der Waals surface area contributed by atoms with Crippen LogP contribution in [0.15, 0.2) is 33.0 Å². The number of hydrogen-bond acceptors (Lipinski definition) is 10. The van der Waals surface area contributed by atoms with Gasteiger partial charge in [0.1, 0.15) is 5.75 Å². The molecule has 0 aliphatic carbocycles. The zero-order chi connectivity index (χ0) is 22.6. The third kappa shape index (κ3) is 6.24. The molecule has 1 atom stereocenters. The van der Waals surface area contributed by atoms with Gasteiger partial charge in [-0.25, -0.2) is 0 Å². The molecule has 0 spiro atoms. The highest BCUT2D eigenvalue weighted by molar-refractivity contribution is 9.10. The molecule has 1 unspecified atom stereocenters. The van der Waals surface area contributed by atoms with E-state index in [-0.39, 0.29) is 18.9 Å². The van der Waals surface area contributed by atoms with Crippen LogP contribution in [-0.2, 0) is 11.0 Å². The number of benzene rings is 1. The fourth-order valence-electron chi connectivity index (χ4n) is 2.48. The minimum atomic E-state index is -4.44. The lowest BCUT2D eigenvalue weighted by molar-refractivity contribution is -0.139. The summed E-state index contributed by atoms with van der Waals surface area (Å²) in [7, 11) is 1.80. The maximum absolute atomic E-state index is 12.8. The summed E-state index contributed by atoms with van der Waals surface area (Å²) in [4.78, 5) is 12.5. The zero-order valence-corrected chi connectivity index (χ0v) is 18.4. The molecule has 0 bridgehead atoms. The van der Waals surface area contributed by atoms with Gasteiger partial charge in [0.2, 0.25) is 5.13 Å². The van der Waals surface area contributed by atoms with Gasteiger partial charge in [0.05, 0.1) is 16.6 Å². The summed E-state index contributed by atoms with van der Waals surface area (Å²) in [5.41, 5.74) is 2.01. The van der Waals surface area contributed by atoms with Crippen LogP contribution in [0.25, 0.3) is 0 Å². The Morgan fingerprint density at radius 1 is 1.42 bits per heavy atom. The second kappa shape index (κ2) is 9.74. The molecule has 1 aromatic carbocycles. The van der Waals surface area contributed by atoms with Crippen molar-refractivity contribution in [1.82, 2.24) is 20.7 Å². The minimum Gasteiger partial charge on any atom is -0.492 e. The topological polar surface area (TPSA) is 116 Å². The van der Waals surface area contributed by atoms with Crippen LogP contribution in [0.5, 0.6) is 5.75 Å². The summed E-state index contributed by atoms with van der Waals surface area (Å²) in [6, 6.07) is 3.25. The highest BCUT2D eigenvalue weighted by atomic mass is 79.9. The molecule has 15 heteroatoms. The fourth-order valence-corrected chi connectivity index (χ4v) is 3.65. The molecule has 2 heterocycles. The van der Waals surface area contributed by atoms with E-state index in [1.807, 2.05) is 4.90 Å². The number of carbonyl (C=O) groups is 1. The van der Waals surface area contributed by atoms with E-state index >= 15 is 0 Å². The van der Waals surface area contributed by atoms with E-state index in [9.17, 15) is 18.0 Å². The van der Waals surface area contributed by atoms with Gasteiger partial charge in [0, 0.05) is 13.6 Å². The number of nitrogens with one attached hydrogen (secondary N) is 1. The second-order valence-corrected chi connectivity index (χ2v) is 8.22. The molecular weight excluding hydrogens is 507 g/mol. The highest BCUT2D eigenvalue weighted by Crippen LogP contribution is 2.35. The van der Waals surface area contributed by atoms with Gasteiger partial charge in [-0.15, -0.1) is 15.3 Å². The Morgan fingerprint density at radius 3 is 2.90 bits per heavy atom. The van der Waals surface area contributed by atoms with Crippen LogP contribution >= 0.6 is 27.3 Å². The number of ether oxygens (including phenoxy) is 1. The lowest BCUT2D eigenvalue weighted by atomic mass is 10.2. The Labute approximate surface area is 186 Å². The first-order chi connectivity index (χ1) is 14.6. The van der Waals surface area contributed by atoms with Crippen molar-refractivity contribution in [2.24, 2.45) is 10.3 Å². The van der Waals surface area contributed by atoms with Crippen LogP contribution in [0.2, 0.25) is 0 Å². The van der Waals surface area contributed by atoms with Crippen molar-refractivity contribution in [3.63, 3.8) is 0 Å². The number of rotatable bonds is 9. The van der Waals surface area contributed by atoms with E-state index < -0.39 is 23.9 Å². The summed E-state index contributed by atoms with van der Waals surface area (Å²) < 4.78 is 44.4. The van der Waals surface area contributed by atoms with Crippen molar-refractivity contribution in [2.45, 2.75) is 18.8 Å². The predicted octanol–water partition coefficient (Wildman–Crippen LogP) is 3.50. The number of hydrazine groups is 1. The first kappa shape index (κ1) is 23.1. The Morgan fingerprint density at radius 2 is 2.19 bits per heavy atom. The summed E-state index contributed by atoms with van der Waals surface area (Å²) in [5.74, 6) is -0.927. The van der Waals surface area contributed by atoms with E-state index in [1.165, 1.54) is 17.4 Å². The van der Waals surface area contributed by atoms with Gasteiger partial charge in [0.15, 0.2) is 17.7 Å². The first-order valence-electron chi connectivity index (χ1n) is 8.84. The number of anilines is 1. The summed E-state index contributed by atoms with van der Waals surface area (Å²) in [6.07, 6.45) is -4.52. The Kier molecular flexibility index (Phi) is 7.27. The Bertz CT molecular complexity index is 959. The van der Waals surface area contributed by atoms with Gasteiger partial charge in [-0.3, -0.25) is 4.79 Å². The number of halogens is 4. The number of aliphatic carboxylic acids is 1. The molecule has 31 heavy (non-hydrogen) atoms. The molecule has 2 N–H and O–H groups in total. The van der Waals surface area contributed by atoms with Crippen molar-refractivity contribution in [3.05, 3.63) is 33.2 Å². The molecule has 1 aliphatic heterocycles. The van der Waals surface area contributed by atoms with Crippen LogP contribution in [0, 0.1) is 0 Å². The lowest BCUT2D eigenvalue weighted by Crippen LogP contribution is -2.34. The maximum Gasteiger partial charge on any atom is 0.416 e. The van der Waals surface area contributed by atoms with Gasteiger partial charge in [-0.2, -0.15) is 23.7 Å². The number of hydrogen-bond donors (Lipinski definition) is 2. The number of alkyl halides is 3. The molecule has 2 aromatic rings.